The molecular formula is C13H20ClN. The lowest BCUT2D eigenvalue weighted by atomic mass is 10.0. The third kappa shape index (κ3) is 3.84. The van der Waals surface area contributed by atoms with Crippen LogP contribution in [-0.4, -0.2) is 12.6 Å². The van der Waals surface area contributed by atoms with Crippen LogP contribution in [0.2, 0.25) is 5.02 Å². The Kier molecular flexibility index (Phi) is 5.13. The first-order chi connectivity index (χ1) is 7.17. The smallest absolute Gasteiger partial charge is 0.0441 e. The summed E-state index contributed by atoms with van der Waals surface area (Å²) in [4.78, 5) is 0. The summed E-state index contributed by atoms with van der Waals surface area (Å²) >= 11 is 6.20. The van der Waals surface area contributed by atoms with E-state index in [1.807, 2.05) is 6.07 Å². The molecule has 0 aromatic heterocycles. The van der Waals surface area contributed by atoms with E-state index < -0.39 is 0 Å². The predicted molar refractivity (Wildman–Crippen MR) is 67.6 cm³/mol. The maximum absolute atomic E-state index is 6.20. The number of likely N-dealkylation sites (N-methyl/N-ethyl adjacent to an activating group) is 1. The molecule has 2 heteroatoms. The van der Waals surface area contributed by atoms with Crippen molar-refractivity contribution in [2.24, 2.45) is 0 Å². The Labute approximate surface area is 97.8 Å². The van der Waals surface area contributed by atoms with Crippen molar-refractivity contribution in [1.82, 2.24) is 5.32 Å². The van der Waals surface area contributed by atoms with E-state index in [9.17, 15) is 0 Å². The molecule has 0 heterocycles. The molecule has 1 N–H and O–H groups in total. The first kappa shape index (κ1) is 12.5. The predicted octanol–water partition coefficient (Wildman–Crippen LogP) is 3.58. The highest BCUT2D eigenvalue weighted by atomic mass is 35.5. The Balaban J connectivity index is 2.70. The fourth-order valence-corrected chi connectivity index (χ4v) is 2.05. The molecule has 84 valence electrons. The van der Waals surface area contributed by atoms with Crippen LogP contribution < -0.4 is 5.32 Å². The minimum absolute atomic E-state index is 0.537. The van der Waals surface area contributed by atoms with Crippen molar-refractivity contribution in [2.75, 3.05) is 6.54 Å². The van der Waals surface area contributed by atoms with Gasteiger partial charge in [0.05, 0.1) is 0 Å². The normalized spacial score (nSPS) is 12.8. The summed E-state index contributed by atoms with van der Waals surface area (Å²) in [5.74, 6) is 0. The van der Waals surface area contributed by atoms with Crippen molar-refractivity contribution in [3.8, 4) is 0 Å². The van der Waals surface area contributed by atoms with Crippen molar-refractivity contribution in [3.05, 3.63) is 34.3 Å². The maximum Gasteiger partial charge on any atom is 0.0441 e. The molecule has 1 atom stereocenters. The van der Waals surface area contributed by atoms with Crippen molar-refractivity contribution in [3.63, 3.8) is 0 Å². The van der Waals surface area contributed by atoms with Crippen LogP contribution in [0.4, 0.5) is 0 Å². The van der Waals surface area contributed by atoms with E-state index in [0.717, 1.165) is 24.4 Å². The van der Waals surface area contributed by atoms with Crippen molar-refractivity contribution < 1.29 is 0 Å². The van der Waals surface area contributed by atoms with Gasteiger partial charge >= 0.3 is 0 Å². The second-order valence-corrected chi connectivity index (χ2v) is 4.37. The Morgan fingerprint density at radius 1 is 1.33 bits per heavy atom. The minimum Gasteiger partial charge on any atom is -0.314 e. The molecular weight excluding hydrogens is 206 g/mol. The zero-order valence-electron chi connectivity index (χ0n) is 9.81. The number of aryl methyl sites for hydroxylation is 1. The molecule has 0 bridgehead atoms. The average Bonchev–Trinajstić information content (AvgIpc) is 2.21. The van der Waals surface area contributed by atoms with Gasteiger partial charge in [-0.15, -0.1) is 0 Å². The fourth-order valence-electron chi connectivity index (χ4n) is 1.73. The topological polar surface area (TPSA) is 12.0 Å². The number of hydrogen-bond donors (Lipinski definition) is 1. The van der Waals surface area contributed by atoms with E-state index in [4.69, 9.17) is 11.6 Å². The van der Waals surface area contributed by atoms with Crippen LogP contribution in [0, 0.1) is 6.92 Å². The summed E-state index contributed by atoms with van der Waals surface area (Å²) in [6.45, 7) is 7.42. The number of rotatable bonds is 5. The largest absolute Gasteiger partial charge is 0.314 e. The molecule has 0 saturated heterocycles. The lowest BCUT2D eigenvalue weighted by Crippen LogP contribution is -2.30. The number of benzene rings is 1. The van der Waals surface area contributed by atoms with Crippen molar-refractivity contribution in [2.45, 2.75) is 39.7 Å². The minimum atomic E-state index is 0.537. The molecule has 15 heavy (non-hydrogen) atoms. The quantitative estimate of drug-likeness (QED) is 0.808. The highest BCUT2D eigenvalue weighted by Gasteiger charge is 2.08. The number of halogens is 1. The molecule has 1 rings (SSSR count). The van der Waals surface area contributed by atoms with E-state index in [2.05, 4.69) is 38.2 Å². The highest BCUT2D eigenvalue weighted by Crippen LogP contribution is 2.19. The van der Waals surface area contributed by atoms with Gasteiger partial charge in [0, 0.05) is 11.1 Å². The van der Waals surface area contributed by atoms with Gasteiger partial charge in [0.15, 0.2) is 0 Å². The van der Waals surface area contributed by atoms with Gasteiger partial charge in [-0.3, -0.25) is 0 Å². The molecule has 0 radical (unpaired) electrons. The second kappa shape index (κ2) is 6.14. The van der Waals surface area contributed by atoms with E-state index in [0.29, 0.717) is 6.04 Å². The first-order valence-corrected chi connectivity index (χ1v) is 6.03. The second-order valence-electron chi connectivity index (χ2n) is 3.96. The summed E-state index contributed by atoms with van der Waals surface area (Å²) in [7, 11) is 0. The highest BCUT2D eigenvalue weighted by molar-refractivity contribution is 6.31. The van der Waals surface area contributed by atoms with Gasteiger partial charge < -0.3 is 5.32 Å². The number of hydrogen-bond acceptors (Lipinski definition) is 1. The van der Waals surface area contributed by atoms with Gasteiger partial charge in [-0.2, -0.15) is 0 Å². The van der Waals surface area contributed by atoms with Gasteiger partial charge in [-0.25, -0.2) is 0 Å². The number of nitrogens with one attached hydrogen (secondary N) is 1. The molecule has 0 spiro atoms. The van der Waals surface area contributed by atoms with E-state index in [1.165, 1.54) is 11.1 Å². The van der Waals surface area contributed by atoms with E-state index in [1.54, 1.807) is 0 Å². The molecule has 1 aromatic carbocycles. The molecule has 0 aliphatic rings. The molecule has 1 nitrogen and oxygen atoms in total. The Morgan fingerprint density at radius 3 is 2.60 bits per heavy atom. The molecule has 1 aromatic rings. The van der Waals surface area contributed by atoms with Crippen LogP contribution in [-0.2, 0) is 6.42 Å². The molecule has 0 amide bonds. The Morgan fingerprint density at radius 2 is 2.07 bits per heavy atom. The van der Waals surface area contributed by atoms with Crippen molar-refractivity contribution >= 4 is 11.6 Å². The third-order valence-corrected chi connectivity index (χ3v) is 3.01. The summed E-state index contributed by atoms with van der Waals surface area (Å²) in [5.41, 5.74) is 2.47. The van der Waals surface area contributed by atoms with Gasteiger partial charge in [0.25, 0.3) is 0 Å². The monoisotopic (exact) mass is 225 g/mol. The molecule has 1 unspecified atom stereocenters. The van der Waals surface area contributed by atoms with Gasteiger partial charge in [-0.1, -0.05) is 37.6 Å². The summed E-state index contributed by atoms with van der Waals surface area (Å²) < 4.78 is 0. The molecule has 0 saturated carbocycles. The standard InChI is InChI=1S/C13H20ClN/c1-4-12(15-5-2)9-11-7-6-10(3)8-13(11)14/h6-8,12,15H,4-5,9H2,1-3H3. The molecule has 0 aliphatic carbocycles. The van der Waals surface area contributed by atoms with E-state index in [-0.39, 0.29) is 0 Å². The van der Waals surface area contributed by atoms with Crippen LogP contribution in [0.5, 0.6) is 0 Å². The summed E-state index contributed by atoms with van der Waals surface area (Å²) in [6.07, 6.45) is 2.15. The lowest BCUT2D eigenvalue weighted by molar-refractivity contribution is 0.510. The Hall–Kier alpha value is -0.530. The van der Waals surface area contributed by atoms with Crippen LogP contribution in [0.15, 0.2) is 18.2 Å². The summed E-state index contributed by atoms with van der Waals surface area (Å²) in [5, 5.41) is 4.36. The molecule has 0 aliphatic heterocycles. The molecule has 0 fully saturated rings. The van der Waals surface area contributed by atoms with Crippen LogP contribution >= 0.6 is 11.6 Å². The summed E-state index contributed by atoms with van der Waals surface area (Å²) in [6, 6.07) is 6.84. The zero-order valence-corrected chi connectivity index (χ0v) is 10.6. The maximum atomic E-state index is 6.20. The SMILES string of the molecule is CCNC(CC)Cc1ccc(C)cc1Cl. The average molecular weight is 226 g/mol. The van der Waals surface area contributed by atoms with Gasteiger partial charge in [0.2, 0.25) is 0 Å². The zero-order chi connectivity index (χ0) is 11.3. The lowest BCUT2D eigenvalue weighted by Gasteiger charge is -2.16. The third-order valence-electron chi connectivity index (χ3n) is 2.66. The van der Waals surface area contributed by atoms with Crippen molar-refractivity contribution in [1.29, 1.82) is 0 Å². The van der Waals surface area contributed by atoms with Crippen LogP contribution in [0.25, 0.3) is 0 Å². The van der Waals surface area contributed by atoms with Crippen LogP contribution in [0.3, 0.4) is 0 Å². The van der Waals surface area contributed by atoms with Gasteiger partial charge in [0.1, 0.15) is 0 Å². The van der Waals surface area contributed by atoms with Crippen LogP contribution in [0.1, 0.15) is 31.4 Å². The van der Waals surface area contributed by atoms with Gasteiger partial charge in [-0.05, 0) is 43.5 Å². The van der Waals surface area contributed by atoms with E-state index >= 15 is 0 Å². The fraction of sp³-hybridized carbons (Fsp3) is 0.538. The first-order valence-electron chi connectivity index (χ1n) is 5.65. The Bertz CT molecular complexity index is 309.